The lowest BCUT2D eigenvalue weighted by atomic mass is 9.95. The molecule has 42 heteroatoms. The summed E-state index contributed by atoms with van der Waals surface area (Å²) in [5.41, 5.74) is 22.6. The smallest absolute Gasteiger partial charge is 0.475 e. The number of amides is 11. The summed E-state index contributed by atoms with van der Waals surface area (Å²) in [6.07, 6.45) is -16.3. The van der Waals surface area contributed by atoms with Gasteiger partial charge in [-0.1, -0.05) is 105 Å². The van der Waals surface area contributed by atoms with E-state index in [1.165, 1.54) is 44.2 Å². The second-order valence-corrected chi connectivity index (χ2v) is 25.7. The number of aliphatic hydroxyl groups is 4. The zero-order chi connectivity index (χ0) is 80.0. The molecule has 104 heavy (non-hydrogen) atoms. The number of carboxylic acids is 2. The van der Waals surface area contributed by atoms with Crippen molar-refractivity contribution in [2.24, 2.45) is 57.5 Å². The van der Waals surface area contributed by atoms with Gasteiger partial charge in [-0.3, -0.25) is 57.7 Å². The molecule has 1 heterocycles. The number of aliphatic hydroxyl groups excluding tert-OH is 4. The number of nitrogens with two attached hydrogens (primary N) is 4. The lowest BCUT2D eigenvalue weighted by Crippen LogP contribution is -2.64. The van der Waals surface area contributed by atoms with Crippen LogP contribution in [0.1, 0.15) is 125 Å². The molecule has 11 amide bonds. The van der Waals surface area contributed by atoms with E-state index in [-0.39, 0.29) is 67.9 Å². The summed E-state index contributed by atoms with van der Waals surface area (Å²) in [5, 5.41) is 82.4. The van der Waals surface area contributed by atoms with Gasteiger partial charge in [0.1, 0.15) is 48.3 Å². The van der Waals surface area contributed by atoms with Crippen LogP contribution < -0.4 is 76.1 Å². The normalized spacial score (nSPS) is 23.6. The Bertz CT molecular complexity index is 3100. The van der Waals surface area contributed by atoms with Gasteiger partial charge >= 0.3 is 30.3 Å². The maximum atomic E-state index is 15.3. The molecule has 3 rings (SSSR count). The summed E-state index contributed by atoms with van der Waals surface area (Å²) in [6.45, 7) is 11.8. The molecule has 0 unspecified atom stereocenters. The Kier molecular flexibility index (Phi) is 38.7. The average Bonchev–Trinajstić information content (AvgIpc) is 0.982. The van der Waals surface area contributed by atoms with Crippen molar-refractivity contribution >= 4 is 88.8 Å². The summed E-state index contributed by atoms with van der Waals surface area (Å²) in [5.74, 6) is -22.3. The van der Waals surface area contributed by atoms with Crippen LogP contribution in [0.15, 0.2) is 35.3 Å². The van der Waals surface area contributed by atoms with Crippen LogP contribution in [-0.2, 0) is 71.9 Å². The van der Waals surface area contributed by atoms with Crippen LogP contribution in [0.25, 0.3) is 0 Å². The maximum absolute atomic E-state index is 15.3. The van der Waals surface area contributed by atoms with Crippen molar-refractivity contribution in [1.82, 2.24) is 53.2 Å². The molecule has 1 aromatic carbocycles. The predicted molar refractivity (Wildman–Crippen MR) is 351 cm³/mol. The van der Waals surface area contributed by atoms with Gasteiger partial charge < -0.3 is 111 Å². The number of benzene rings is 1. The van der Waals surface area contributed by atoms with Gasteiger partial charge in [0.25, 0.3) is 0 Å². The first-order valence-corrected chi connectivity index (χ1v) is 32.7. The van der Waals surface area contributed by atoms with Crippen molar-refractivity contribution in [3.8, 4) is 0 Å². The van der Waals surface area contributed by atoms with Crippen molar-refractivity contribution in [3.63, 3.8) is 0 Å². The third-order valence-electron chi connectivity index (χ3n) is 15.5. The van der Waals surface area contributed by atoms with E-state index in [1.807, 2.05) is 10.6 Å². The number of aliphatic carboxylic acids is 2. The van der Waals surface area contributed by atoms with Crippen LogP contribution in [-0.4, -0.2) is 230 Å². The molecule has 1 aromatic rings. The quantitative estimate of drug-likeness (QED) is 0.0162. The van der Waals surface area contributed by atoms with Crippen LogP contribution in [0, 0.1) is 29.6 Å². The Hall–Kier alpha value is -9.55. The standard InChI is InChI=1S/C58H95N15O17.2C2HF3O2/c1-10-29(8)39-53(85)71-40(30(9)75)52(84)64-24-38(76)69-42(45(78)47(60)79)55(87)68-37(25-74)57(89)90-46(32-15-12-11-13-16-32)43(73-51(83)36(22-27(4)5)66-48(80)33(59)23-31-18-19-31)56(88)72-41(44(77)28(6)7)54(86)67-35(21-26(2)3)50(82)65-34(49(81)70-39)17-14-20-63-58(61)62;2*3-2(4,5)1(6)7/h11-13,15-16,26-31,33-37,39-46,74-75,77-78H,10,14,17-25,59H2,1-9H3,(H2,60,79)(H,64,84)(H,65,82)(H,66,80)(H,67,86)(H,68,87)(H,69,76)(H,70,81)(H,71,85)(H,72,88)(H,73,83)(H4,61,62,63);2*(H,6,7)/t29-,30-,33+,34+,35-,36-,37-,39-,40-,41-,42-,43-,44+,45-,46+;;/m0../s1. The number of primary amides is 1. The Morgan fingerprint density at radius 3 is 1.61 bits per heavy atom. The predicted octanol–water partition coefficient (Wildman–Crippen LogP) is -4.41. The highest BCUT2D eigenvalue weighted by molar-refractivity contribution is 6.00. The number of hydrogen-bond acceptors (Lipinski definition) is 21. The summed E-state index contributed by atoms with van der Waals surface area (Å²) < 4.78 is 69.4. The fourth-order valence-corrected chi connectivity index (χ4v) is 9.45. The van der Waals surface area contributed by atoms with Gasteiger partial charge in [0.15, 0.2) is 24.2 Å². The number of rotatable bonds is 23. The van der Waals surface area contributed by atoms with Crippen molar-refractivity contribution in [3.05, 3.63) is 35.9 Å². The third kappa shape index (κ3) is 32.8. The highest BCUT2D eigenvalue weighted by Gasteiger charge is 2.45. The third-order valence-corrected chi connectivity index (χ3v) is 15.5. The van der Waals surface area contributed by atoms with E-state index in [9.17, 15) is 99.5 Å². The molecule has 1 aliphatic heterocycles. The number of ether oxygens (including phenoxy) is 1. The number of cyclic esters (lactones) is 1. The minimum Gasteiger partial charge on any atom is -0.475 e. The minimum atomic E-state index is -5.08. The molecular weight excluding hydrogens is 1400 g/mol. The number of nitrogens with one attached hydrogen (secondary N) is 10. The number of esters is 1. The molecule has 2 fully saturated rings. The minimum absolute atomic E-state index is 0.0456. The Balaban J connectivity index is 0.00000348. The zero-order valence-electron chi connectivity index (χ0n) is 58.5. The molecule has 588 valence electrons. The molecule has 1 aliphatic carbocycles. The summed E-state index contributed by atoms with van der Waals surface area (Å²) in [4.78, 5) is 192. The zero-order valence-corrected chi connectivity index (χ0v) is 58.5. The first-order chi connectivity index (χ1) is 48.1. The number of hydrogen-bond donors (Lipinski definition) is 20. The number of aliphatic imine (C=N–C) groups is 1. The Labute approximate surface area is 593 Å². The van der Waals surface area contributed by atoms with Crippen LogP contribution >= 0.6 is 0 Å². The molecule has 0 bridgehead atoms. The first-order valence-electron chi connectivity index (χ1n) is 32.7. The summed E-state index contributed by atoms with van der Waals surface area (Å²) in [7, 11) is 0. The summed E-state index contributed by atoms with van der Waals surface area (Å²) in [6, 6.07) is -10.6. The van der Waals surface area contributed by atoms with Crippen molar-refractivity contribution in [1.29, 1.82) is 0 Å². The highest BCUT2D eigenvalue weighted by Crippen LogP contribution is 2.33. The monoisotopic (exact) mass is 1500 g/mol. The molecule has 0 aromatic heterocycles. The van der Waals surface area contributed by atoms with E-state index < -0.39 is 205 Å². The number of carbonyl (C=O) groups is 14. The molecule has 0 radical (unpaired) electrons. The van der Waals surface area contributed by atoms with Gasteiger partial charge in [0.2, 0.25) is 65.0 Å². The van der Waals surface area contributed by atoms with Crippen molar-refractivity contribution in [2.45, 2.75) is 211 Å². The van der Waals surface area contributed by atoms with E-state index in [1.54, 1.807) is 41.5 Å². The number of halogens is 6. The lowest BCUT2D eigenvalue weighted by molar-refractivity contribution is -0.193. The fourth-order valence-electron chi connectivity index (χ4n) is 9.45. The topological polar surface area (TPSA) is 606 Å². The van der Waals surface area contributed by atoms with Gasteiger partial charge in [0, 0.05) is 6.54 Å². The largest absolute Gasteiger partial charge is 0.490 e. The molecule has 15 atom stereocenters. The number of guanidine groups is 1. The van der Waals surface area contributed by atoms with Crippen LogP contribution in [0.5, 0.6) is 0 Å². The van der Waals surface area contributed by atoms with Gasteiger partial charge in [-0.05, 0) is 74.2 Å². The van der Waals surface area contributed by atoms with Gasteiger partial charge in [-0.2, -0.15) is 26.3 Å². The number of alkyl halides is 6. The molecule has 36 nitrogen and oxygen atoms in total. The number of carbonyl (C=O) groups excluding carboxylic acids is 12. The SMILES string of the molecule is CC[C@H](C)[C@@H]1NC(=O)[C@@H](CCCN=C(N)N)NC(=O)[C@H](CC(C)C)NC(=O)[C@H]([C@H](O)C(C)C)NC(=O)[C@@H](NC(=O)[C@H](CC(C)C)NC(=O)[C@H](N)CC2CC2)[C@@H](c2ccccc2)OC(=O)[C@H](CO)NC(=O)[C@H]([C@H](O)C(N)=O)NC(=O)CNC(=O)[C@H]([C@H](C)O)NC1=O.O=C(O)C(F)(F)F.O=C(O)C(F)(F)F. The fraction of sp³-hybridized carbons (Fsp3) is 0.661. The number of carboxylic acid groups (broad SMARTS) is 2. The molecule has 1 saturated carbocycles. The van der Waals surface area contributed by atoms with E-state index in [4.69, 9.17) is 47.5 Å². The van der Waals surface area contributed by atoms with E-state index in [2.05, 4.69) is 47.5 Å². The lowest BCUT2D eigenvalue weighted by Gasteiger charge is -2.33. The molecule has 1 saturated heterocycles. The average molecular weight is 1500 g/mol. The van der Waals surface area contributed by atoms with E-state index >= 15 is 4.79 Å². The Morgan fingerprint density at radius 2 is 1.13 bits per heavy atom. The highest BCUT2D eigenvalue weighted by atomic mass is 19.4. The molecule has 0 spiro atoms. The number of nitrogens with zero attached hydrogens (tertiary/aromatic N) is 1. The summed E-state index contributed by atoms with van der Waals surface area (Å²) >= 11 is 0. The van der Waals surface area contributed by atoms with Crippen LogP contribution in [0.2, 0.25) is 0 Å². The van der Waals surface area contributed by atoms with E-state index in [0.29, 0.717) is 6.42 Å². The van der Waals surface area contributed by atoms with E-state index in [0.717, 1.165) is 19.8 Å². The van der Waals surface area contributed by atoms with Crippen LogP contribution in [0.3, 0.4) is 0 Å². The van der Waals surface area contributed by atoms with Crippen molar-refractivity contribution < 1.29 is 129 Å². The molecule has 2 aliphatic rings. The van der Waals surface area contributed by atoms with Crippen molar-refractivity contribution in [2.75, 3.05) is 19.7 Å². The molecule has 24 N–H and O–H groups in total. The second kappa shape index (κ2) is 43.5. The first kappa shape index (κ1) is 92.5. The van der Waals surface area contributed by atoms with Gasteiger partial charge in [-0.15, -0.1) is 0 Å². The molecular formula is C62H97F6N15O21. The second-order valence-electron chi connectivity index (χ2n) is 25.7. The maximum Gasteiger partial charge on any atom is 0.490 e. The van der Waals surface area contributed by atoms with Gasteiger partial charge in [-0.25, -0.2) is 14.4 Å². The van der Waals surface area contributed by atoms with Gasteiger partial charge in [0.05, 0.1) is 31.4 Å². The Morgan fingerprint density at radius 1 is 0.635 bits per heavy atom. The van der Waals surface area contributed by atoms with Crippen LogP contribution in [0.4, 0.5) is 26.3 Å².